The summed E-state index contributed by atoms with van der Waals surface area (Å²) < 4.78 is 28.4. The van der Waals surface area contributed by atoms with Crippen LogP contribution in [0.3, 0.4) is 0 Å². The molecule has 2 N–H and O–H groups in total. The molecule has 0 radical (unpaired) electrons. The number of nitrogens with two attached hydrogens (primary N) is 1. The molecule has 0 aliphatic carbocycles. The van der Waals surface area contributed by atoms with E-state index in [1.807, 2.05) is 0 Å². The van der Waals surface area contributed by atoms with E-state index in [1.54, 1.807) is 13.8 Å². The van der Waals surface area contributed by atoms with Crippen LogP contribution >= 0.6 is 0 Å². The number of halogens is 2. The van der Waals surface area contributed by atoms with Gasteiger partial charge in [-0.2, -0.15) is 0 Å². The molecule has 0 saturated heterocycles. The fourth-order valence-corrected chi connectivity index (χ4v) is 0.696. The summed E-state index contributed by atoms with van der Waals surface area (Å²) in [5.41, 5.74) is 5.19. The zero-order valence-corrected chi connectivity index (χ0v) is 6.84. The summed E-state index contributed by atoms with van der Waals surface area (Å²) in [6, 6.07) is 1.17. The molecule has 1 rings (SSSR count). The molecule has 12 heavy (non-hydrogen) atoms. The molecule has 0 bridgehead atoms. The first-order chi connectivity index (χ1) is 5.41. The Morgan fingerprint density at radius 3 is 2.42 bits per heavy atom. The summed E-state index contributed by atoms with van der Waals surface area (Å²) in [4.78, 5) is 0. The van der Waals surface area contributed by atoms with Gasteiger partial charge in [0.1, 0.15) is 5.69 Å². The monoisotopic (exact) mass is 176 g/mol. The average Bonchev–Trinajstić information content (AvgIpc) is 2.30. The molecular weight excluding hydrogens is 166 g/mol. The molecule has 68 valence electrons. The molecule has 0 unspecified atom stereocenters. The van der Waals surface area contributed by atoms with Crippen LogP contribution in [0.1, 0.15) is 31.7 Å². The van der Waals surface area contributed by atoms with Gasteiger partial charge in [-0.15, -0.1) is 0 Å². The largest absolute Gasteiger partial charge is 0.355 e. The van der Waals surface area contributed by atoms with Crippen LogP contribution in [-0.4, -0.2) is 5.16 Å². The van der Waals surface area contributed by atoms with Gasteiger partial charge in [-0.3, -0.25) is 0 Å². The van der Waals surface area contributed by atoms with Gasteiger partial charge >= 0.3 is 0 Å². The van der Waals surface area contributed by atoms with Crippen molar-refractivity contribution in [1.82, 2.24) is 5.16 Å². The van der Waals surface area contributed by atoms with Crippen LogP contribution in [0.2, 0.25) is 0 Å². The summed E-state index contributed by atoms with van der Waals surface area (Å²) in [6.07, 6.45) is -2.63. The van der Waals surface area contributed by atoms with Crippen molar-refractivity contribution in [3.05, 3.63) is 17.5 Å². The molecule has 0 spiro atoms. The van der Waals surface area contributed by atoms with E-state index in [-0.39, 0.29) is 0 Å². The van der Waals surface area contributed by atoms with Gasteiger partial charge in [0.15, 0.2) is 0 Å². The fourth-order valence-electron chi connectivity index (χ4n) is 0.696. The van der Waals surface area contributed by atoms with Crippen molar-refractivity contribution in [2.45, 2.75) is 25.8 Å². The van der Waals surface area contributed by atoms with Crippen LogP contribution in [0.25, 0.3) is 0 Å². The molecule has 3 nitrogen and oxygen atoms in total. The number of aromatic nitrogens is 1. The van der Waals surface area contributed by atoms with Gasteiger partial charge in [-0.25, -0.2) is 8.78 Å². The van der Waals surface area contributed by atoms with Gasteiger partial charge in [-0.05, 0) is 13.8 Å². The van der Waals surface area contributed by atoms with Crippen molar-refractivity contribution < 1.29 is 13.3 Å². The molecule has 1 aromatic rings. The molecule has 0 atom stereocenters. The number of hydrogen-bond acceptors (Lipinski definition) is 3. The summed E-state index contributed by atoms with van der Waals surface area (Å²) in [5.74, 6) is -0.441. The lowest BCUT2D eigenvalue weighted by molar-refractivity contribution is 0.112. The minimum atomic E-state index is -2.63. The van der Waals surface area contributed by atoms with Gasteiger partial charge in [0.25, 0.3) is 6.43 Å². The predicted octanol–water partition coefficient (Wildman–Crippen LogP) is 1.81. The minimum absolute atomic E-state index is 0.331. The van der Waals surface area contributed by atoms with Gasteiger partial charge in [-0.1, -0.05) is 5.16 Å². The van der Waals surface area contributed by atoms with Gasteiger partial charge < -0.3 is 10.3 Å². The van der Waals surface area contributed by atoms with Crippen molar-refractivity contribution in [2.24, 2.45) is 5.73 Å². The van der Waals surface area contributed by atoms with Crippen molar-refractivity contribution in [2.75, 3.05) is 0 Å². The van der Waals surface area contributed by atoms with Crippen molar-refractivity contribution in [3.63, 3.8) is 0 Å². The predicted molar refractivity (Wildman–Crippen MR) is 38.7 cm³/mol. The molecule has 0 aliphatic heterocycles. The maximum absolute atomic E-state index is 12.0. The normalized spacial score (nSPS) is 12.5. The minimum Gasteiger partial charge on any atom is -0.355 e. The second-order valence-electron chi connectivity index (χ2n) is 3.14. The smallest absolute Gasteiger partial charge is 0.298 e. The molecule has 0 fully saturated rings. The van der Waals surface area contributed by atoms with Gasteiger partial charge in [0.2, 0.25) is 5.76 Å². The Bertz CT molecular complexity index is 265. The SMILES string of the molecule is CC(C)(N)c1cc(C(F)F)on1. The van der Waals surface area contributed by atoms with Crippen LogP contribution < -0.4 is 5.73 Å². The van der Waals surface area contributed by atoms with E-state index >= 15 is 0 Å². The van der Waals surface area contributed by atoms with Gasteiger partial charge in [0.05, 0.1) is 5.54 Å². The third kappa shape index (κ3) is 1.79. The van der Waals surface area contributed by atoms with Crippen LogP contribution in [-0.2, 0) is 5.54 Å². The number of alkyl halides is 2. The maximum Gasteiger partial charge on any atom is 0.298 e. The number of rotatable bonds is 2. The van der Waals surface area contributed by atoms with Crippen LogP contribution in [0.15, 0.2) is 10.6 Å². The average molecular weight is 176 g/mol. The Morgan fingerprint density at radius 2 is 2.17 bits per heavy atom. The first-order valence-corrected chi connectivity index (χ1v) is 3.45. The highest BCUT2D eigenvalue weighted by Crippen LogP contribution is 2.23. The van der Waals surface area contributed by atoms with Crippen LogP contribution in [0.5, 0.6) is 0 Å². The molecule has 5 heteroatoms. The molecule has 1 heterocycles. The van der Waals surface area contributed by atoms with Crippen molar-refractivity contribution >= 4 is 0 Å². The first kappa shape index (κ1) is 9.12. The molecule has 0 aliphatic rings. The summed E-state index contributed by atoms with van der Waals surface area (Å²) in [6.45, 7) is 3.33. The molecule has 0 amide bonds. The lowest BCUT2D eigenvalue weighted by atomic mass is 10.0. The fraction of sp³-hybridized carbons (Fsp3) is 0.571. The lowest BCUT2D eigenvalue weighted by Gasteiger charge is -2.12. The summed E-state index contributed by atoms with van der Waals surface area (Å²) >= 11 is 0. The third-order valence-corrected chi connectivity index (χ3v) is 1.40. The standard InChI is InChI=1S/C7H10F2N2O/c1-7(2,10)5-3-4(6(8)9)12-11-5/h3,6H,10H2,1-2H3. The molecule has 1 aromatic heterocycles. The van der Waals surface area contributed by atoms with E-state index < -0.39 is 17.7 Å². The van der Waals surface area contributed by atoms with E-state index in [1.165, 1.54) is 6.07 Å². The van der Waals surface area contributed by atoms with Gasteiger partial charge in [0, 0.05) is 6.07 Å². The zero-order chi connectivity index (χ0) is 9.35. The van der Waals surface area contributed by atoms with E-state index in [9.17, 15) is 8.78 Å². The Kier molecular flexibility index (Phi) is 2.14. The molecule has 0 saturated carbocycles. The zero-order valence-electron chi connectivity index (χ0n) is 6.84. The van der Waals surface area contributed by atoms with Crippen molar-refractivity contribution in [1.29, 1.82) is 0 Å². The topological polar surface area (TPSA) is 52.0 Å². The highest BCUT2D eigenvalue weighted by atomic mass is 19.3. The van der Waals surface area contributed by atoms with Crippen LogP contribution in [0, 0.1) is 0 Å². The third-order valence-electron chi connectivity index (χ3n) is 1.40. The second-order valence-corrected chi connectivity index (χ2v) is 3.14. The number of hydrogen-bond donors (Lipinski definition) is 1. The second kappa shape index (κ2) is 2.82. The Labute approximate surface area is 68.5 Å². The Hall–Kier alpha value is -0.970. The quantitative estimate of drug-likeness (QED) is 0.747. The Balaban J connectivity index is 2.92. The summed E-state index contributed by atoms with van der Waals surface area (Å²) in [7, 11) is 0. The highest BCUT2D eigenvalue weighted by Gasteiger charge is 2.22. The molecular formula is C7H10F2N2O. The first-order valence-electron chi connectivity index (χ1n) is 3.45. The number of nitrogens with zero attached hydrogens (tertiary/aromatic N) is 1. The molecule has 0 aromatic carbocycles. The van der Waals surface area contributed by atoms with Crippen LogP contribution in [0.4, 0.5) is 8.78 Å². The Morgan fingerprint density at radius 1 is 1.58 bits per heavy atom. The summed E-state index contributed by atoms with van der Waals surface area (Å²) in [5, 5.41) is 3.43. The van der Waals surface area contributed by atoms with Crippen molar-refractivity contribution in [3.8, 4) is 0 Å². The highest BCUT2D eigenvalue weighted by molar-refractivity contribution is 5.13. The van der Waals surface area contributed by atoms with E-state index in [0.717, 1.165) is 0 Å². The van der Waals surface area contributed by atoms with E-state index in [2.05, 4.69) is 9.68 Å². The van der Waals surface area contributed by atoms with E-state index in [0.29, 0.717) is 5.69 Å². The van der Waals surface area contributed by atoms with E-state index in [4.69, 9.17) is 5.73 Å². The lowest BCUT2D eigenvalue weighted by Crippen LogP contribution is -2.28. The maximum atomic E-state index is 12.0.